The van der Waals surface area contributed by atoms with E-state index >= 15 is 0 Å². The van der Waals surface area contributed by atoms with Crippen LogP contribution in [0.2, 0.25) is 0 Å². The number of quaternary nitrogens is 1. The van der Waals surface area contributed by atoms with Crippen LogP contribution >= 0.6 is 0 Å². The Hall–Kier alpha value is -3.30. The largest absolute Gasteiger partial charge is 0.328 e. The number of amides is 1. The van der Waals surface area contributed by atoms with Crippen LogP contribution in [0.25, 0.3) is 16.4 Å². The lowest BCUT2D eigenvalue weighted by Gasteiger charge is -2.22. The Kier molecular flexibility index (Phi) is 4.91. The van der Waals surface area contributed by atoms with Gasteiger partial charge >= 0.3 is 0 Å². The molecule has 9 heteroatoms. The van der Waals surface area contributed by atoms with Crippen molar-refractivity contribution in [1.82, 2.24) is 14.4 Å². The van der Waals surface area contributed by atoms with Gasteiger partial charge in [-0.25, -0.2) is 18.4 Å². The van der Waals surface area contributed by atoms with Crippen molar-refractivity contribution in [1.29, 1.82) is 0 Å². The van der Waals surface area contributed by atoms with Crippen molar-refractivity contribution >= 4 is 38.0 Å². The summed E-state index contributed by atoms with van der Waals surface area (Å²) in [5.74, 6) is 0.783. The predicted molar refractivity (Wildman–Crippen MR) is 118 cm³/mol. The summed E-state index contributed by atoms with van der Waals surface area (Å²) < 4.78 is 25.2. The maximum absolute atomic E-state index is 13.0. The number of carbonyl (C=O) groups excluding carboxylic acids is 1. The molecule has 0 bridgehead atoms. The fraction of sp³-hybridized carbons (Fsp3) is 0.227. The quantitative estimate of drug-likeness (QED) is 0.496. The molecule has 1 aromatic carbocycles. The van der Waals surface area contributed by atoms with Crippen LogP contribution in [0.4, 0.5) is 5.82 Å². The zero-order valence-corrected chi connectivity index (χ0v) is 17.6. The van der Waals surface area contributed by atoms with Gasteiger partial charge in [-0.1, -0.05) is 24.3 Å². The zero-order chi connectivity index (χ0) is 21.4. The van der Waals surface area contributed by atoms with Crippen molar-refractivity contribution in [2.75, 3.05) is 29.9 Å². The molecule has 1 amide bonds. The van der Waals surface area contributed by atoms with Gasteiger partial charge < -0.3 is 10.2 Å². The van der Waals surface area contributed by atoms with Gasteiger partial charge in [0.2, 0.25) is 5.82 Å². The van der Waals surface area contributed by atoms with Gasteiger partial charge in [0.05, 0.1) is 35.6 Å². The van der Waals surface area contributed by atoms with Gasteiger partial charge in [-0.3, -0.25) is 9.20 Å². The van der Waals surface area contributed by atoms with Gasteiger partial charge in [0, 0.05) is 11.6 Å². The van der Waals surface area contributed by atoms with Crippen LogP contribution in [-0.4, -0.2) is 53.3 Å². The summed E-state index contributed by atoms with van der Waals surface area (Å²) in [5.41, 5.74) is 2.43. The van der Waals surface area contributed by atoms with E-state index in [9.17, 15) is 13.2 Å². The van der Waals surface area contributed by atoms with Gasteiger partial charge in [0.1, 0.15) is 18.1 Å². The molecule has 0 spiro atoms. The minimum atomic E-state index is -2.93. The molecule has 0 saturated carbocycles. The van der Waals surface area contributed by atoms with Crippen LogP contribution in [0, 0.1) is 0 Å². The lowest BCUT2D eigenvalue weighted by atomic mass is 10.2. The number of anilines is 1. The molecule has 3 aromatic heterocycles. The van der Waals surface area contributed by atoms with E-state index in [0.717, 1.165) is 27.0 Å². The number of hydrogen-bond acceptors (Lipinski definition) is 5. The molecule has 8 nitrogen and oxygen atoms in total. The fourth-order valence-electron chi connectivity index (χ4n) is 3.94. The lowest BCUT2D eigenvalue weighted by molar-refractivity contribution is -0.910. The molecular weight excluding hydrogens is 414 g/mol. The minimum absolute atomic E-state index is 0.190. The molecule has 1 fully saturated rings. The van der Waals surface area contributed by atoms with Crippen LogP contribution in [0.15, 0.2) is 60.8 Å². The number of imidazole rings is 1. The van der Waals surface area contributed by atoms with E-state index in [0.29, 0.717) is 25.5 Å². The predicted octanol–water partition coefficient (Wildman–Crippen LogP) is 0.948. The molecule has 1 aliphatic heterocycles. The highest BCUT2D eigenvalue weighted by atomic mass is 32.2. The van der Waals surface area contributed by atoms with E-state index in [1.54, 1.807) is 10.5 Å². The molecule has 4 heterocycles. The Morgan fingerprint density at radius 1 is 1.00 bits per heavy atom. The number of carbonyl (C=O) groups is 1. The second-order valence-electron chi connectivity index (χ2n) is 7.76. The Morgan fingerprint density at radius 2 is 1.77 bits per heavy atom. The first kappa shape index (κ1) is 19.7. The first-order chi connectivity index (χ1) is 15.0. The molecule has 4 aromatic rings. The zero-order valence-electron chi connectivity index (χ0n) is 16.8. The van der Waals surface area contributed by atoms with Gasteiger partial charge in [0.25, 0.3) is 5.91 Å². The molecule has 31 heavy (non-hydrogen) atoms. The van der Waals surface area contributed by atoms with Crippen molar-refractivity contribution in [3.8, 4) is 0 Å². The van der Waals surface area contributed by atoms with Gasteiger partial charge in [-0.05, 0) is 30.3 Å². The van der Waals surface area contributed by atoms with E-state index in [-0.39, 0.29) is 23.2 Å². The summed E-state index contributed by atoms with van der Waals surface area (Å²) in [5, 5.41) is 3.85. The molecule has 0 unspecified atom stereocenters. The summed E-state index contributed by atoms with van der Waals surface area (Å²) in [6.07, 6.45) is 1.81. The van der Waals surface area contributed by atoms with E-state index in [4.69, 9.17) is 0 Å². The Morgan fingerprint density at radius 3 is 2.61 bits per heavy atom. The van der Waals surface area contributed by atoms with Crippen LogP contribution in [0.3, 0.4) is 0 Å². The molecule has 2 N–H and O–H groups in total. The number of nitrogens with zero attached hydrogens (tertiary/aromatic N) is 3. The molecule has 0 atom stereocenters. The maximum Gasteiger partial charge on any atom is 0.293 e. The number of aromatic nitrogens is 3. The minimum Gasteiger partial charge on any atom is -0.328 e. The van der Waals surface area contributed by atoms with E-state index in [2.05, 4.69) is 15.3 Å². The molecule has 1 aliphatic rings. The van der Waals surface area contributed by atoms with E-state index < -0.39 is 9.84 Å². The number of fused-ring (bicyclic) bond motifs is 2. The number of pyridine rings is 2. The summed E-state index contributed by atoms with van der Waals surface area (Å²) in [6.45, 7) is 1.68. The maximum atomic E-state index is 13.0. The summed E-state index contributed by atoms with van der Waals surface area (Å²) >= 11 is 0. The third kappa shape index (κ3) is 4.01. The third-order valence-electron chi connectivity index (χ3n) is 5.62. The highest BCUT2D eigenvalue weighted by Gasteiger charge is 2.27. The van der Waals surface area contributed by atoms with Crippen LogP contribution in [0.5, 0.6) is 0 Å². The number of hydrogen-bond donors (Lipinski definition) is 2. The summed E-state index contributed by atoms with van der Waals surface area (Å²) in [4.78, 5) is 23.3. The van der Waals surface area contributed by atoms with Crippen LogP contribution in [0.1, 0.15) is 16.3 Å². The molecule has 1 saturated heterocycles. The number of rotatable bonds is 4. The Bertz CT molecular complexity index is 1380. The topological polar surface area (TPSA) is 97.9 Å². The third-order valence-corrected chi connectivity index (χ3v) is 7.27. The fourth-order valence-corrected chi connectivity index (χ4v) is 5.34. The number of para-hydroxylation sites is 1. The van der Waals surface area contributed by atoms with E-state index in [1.165, 1.54) is 0 Å². The Balaban J connectivity index is 1.42. The van der Waals surface area contributed by atoms with Crippen molar-refractivity contribution in [2.45, 2.75) is 6.54 Å². The van der Waals surface area contributed by atoms with Gasteiger partial charge in [-0.15, -0.1) is 0 Å². The SMILES string of the molecule is O=C(Nc1ccc2ccccc2n1)c1nc(C[NH+]2CCS(=O)(=O)CC2)c2ccccn12. The monoisotopic (exact) mass is 436 g/mol. The average molecular weight is 437 g/mol. The standard InChI is InChI=1S/C22H21N5O3S/c28-22(25-20-9-8-16-5-1-2-6-17(16)23-20)21-24-18(19-7-3-4-10-27(19)21)15-26-11-13-31(29,30)14-12-26/h1-10H,11-15H2,(H,23,25,28)/p+1. The molecule has 158 valence electrons. The molecule has 0 radical (unpaired) electrons. The molecular formula is C22H22N5O3S+. The normalized spacial score (nSPS) is 16.5. The summed E-state index contributed by atoms with van der Waals surface area (Å²) in [6, 6.07) is 17.1. The highest BCUT2D eigenvalue weighted by Crippen LogP contribution is 2.17. The second-order valence-corrected chi connectivity index (χ2v) is 10.1. The average Bonchev–Trinajstić information content (AvgIpc) is 3.14. The van der Waals surface area contributed by atoms with Gasteiger partial charge in [0.15, 0.2) is 9.84 Å². The first-order valence-electron chi connectivity index (χ1n) is 10.2. The van der Waals surface area contributed by atoms with Crippen molar-refractivity contribution in [3.63, 3.8) is 0 Å². The molecule has 0 aliphatic carbocycles. The van der Waals surface area contributed by atoms with Crippen molar-refractivity contribution in [3.05, 3.63) is 72.3 Å². The number of benzene rings is 1. The Labute approximate surface area is 179 Å². The molecule has 5 rings (SSSR count). The van der Waals surface area contributed by atoms with E-state index in [1.807, 2.05) is 54.7 Å². The summed E-state index contributed by atoms with van der Waals surface area (Å²) in [7, 11) is -2.93. The van der Waals surface area contributed by atoms with Crippen LogP contribution in [-0.2, 0) is 16.4 Å². The second kappa shape index (κ2) is 7.75. The number of nitrogens with one attached hydrogen (secondary N) is 2. The van der Waals surface area contributed by atoms with Crippen LogP contribution < -0.4 is 10.2 Å². The van der Waals surface area contributed by atoms with Crippen molar-refractivity contribution < 1.29 is 18.1 Å². The number of sulfone groups is 1. The highest BCUT2D eigenvalue weighted by molar-refractivity contribution is 7.91. The van der Waals surface area contributed by atoms with Gasteiger partial charge in [-0.2, -0.15) is 0 Å². The lowest BCUT2D eigenvalue weighted by Crippen LogP contribution is -3.13. The first-order valence-corrected chi connectivity index (χ1v) is 12.0. The van der Waals surface area contributed by atoms with Crippen molar-refractivity contribution in [2.24, 2.45) is 0 Å². The smallest absolute Gasteiger partial charge is 0.293 e.